The van der Waals surface area contributed by atoms with Crippen LogP contribution in [0.2, 0.25) is 0 Å². The number of nitrogens with zero attached hydrogens (tertiary/aromatic N) is 1. The van der Waals surface area contributed by atoms with Crippen LogP contribution >= 0.6 is 0 Å². The predicted molar refractivity (Wildman–Crippen MR) is 124 cm³/mol. The third-order valence-corrected chi connectivity index (χ3v) is 6.11. The standard InChI is InChI=1S/C26H28N2O4/c1-31-20-9-7-18(8-10-20)17-27-25(29)19-13-15-28(16-14-19)26(30)23-11-12-24(32-2)22-6-4-3-5-21(22)23/h3-12,19H,13-17H2,1-2H3,(H,27,29). The normalized spacial score (nSPS) is 14.2. The zero-order valence-corrected chi connectivity index (χ0v) is 18.5. The van der Waals surface area contributed by atoms with Gasteiger partial charge in [-0.15, -0.1) is 0 Å². The molecule has 166 valence electrons. The van der Waals surface area contributed by atoms with Crippen molar-refractivity contribution in [3.63, 3.8) is 0 Å². The van der Waals surface area contributed by atoms with E-state index in [-0.39, 0.29) is 17.7 Å². The molecule has 1 saturated heterocycles. The zero-order chi connectivity index (χ0) is 22.5. The second-order valence-electron chi connectivity index (χ2n) is 7.99. The van der Waals surface area contributed by atoms with Crippen molar-refractivity contribution in [2.45, 2.75) is 19.4 Å². The van der Waals surface area contributed by atoms with Crippen LogP contribution in [-0.4, -0.2) is 44.0 Å². The first kappa shape index (κ1) is 21.7. The number of carbonyl (C=O) groups is 2. The van der Waals surface area contributed by atoms with E-state index in [1.807, 2.05) is 65.6 Å². The molecule has 1 aliphatic rings. The number of nitrogens with one attached hydrogen (secondary N) is 1. The van der Waals surface area contributed by atoms with Crippen molar-refractivity contribution in [3.8, 4) is 11.5 Å². The predicted octanol–water partition coefficient (Wildman–Crippen LogP) is 4.03. The molecule has 6 heteroatoms. The summed E-state index contributed by atoms with van der Waals surface area (Å²) >= 11 is 0. The fraction of sp³-hybridized carbons (Fsp3) is 0.308. The molecule has 32 heavy (non-hydrogen) atoms. The number of hydrogen-bond donors (Lipinski definition) is 1. The molecule has 3 aromatic rings. The van der Waals surface area contributed by atoms with Gasteiger partial charge in [-0.1, -0.05) is 36.4 Å². The minimum Gasteiger partial charge on any atom is -0.497 e. The van der Waals surface area contributed by atoms with E-state index < -0.39 is 0 Å². The summed E-state index contributed by atoms with van der Waals surface area (Å²) in [7, 11) is 3.26. The molecule has 1 aliphatic heterocycles. The number of rotatable bonds is 6. The molecule has 1 heterocycles. The maximum atomic E-state index is 13.2. The highest BCUT2D eigenvalue weighted by Gasteiger charge is 2.28. The SMILES string of the molecule is COc1ccc(CNC(=O)C2CCN(C(=O)c3ccc(OC)c4ccccc34)CC2)cc1. The first-order chi connectivity index (χ1) is 15.6. The largest absolute Gasteiger partial charge is 0.497 e. The number of benzene rings is 3. The van der Waals surface area contributed by atoms with Gasteiger partial charge in [-0.2, -0.15) is 0 Å². The minimum absolute atomic E-state index is 0.000874. The van der Waals surface area contributed by atoms with Crippen molar-refractivity contribution in [1.82, 2.24) is 10.2 Å². The molecule has 0 bridgehead atoms. The molecular weight excluding hydrogens is 404 g/mol. The van der Waals surface area contributed by atoms with Crippen LogP contribution in [-0.2, 0) is 11.3 Å². The quantitative estimate of drug-likeness (QED) is 0.639. The van der Waals surface area contributed by atoms with E-state index >= 15 is 0 Å². The highest BCUT2D eigenvalue weighted by atomic mass is 16.5. The lowest BCUT2D eigenvalue weighted by Crippen LogP contribution is -2.43. The van der Waals surface area contributed by atoms with Gasteiger partial charge in [0.15, 0.2) is 0 Å². The summed E-state index contributed by atoms with van der Waals surface area (Å²) in [5.41, 5.74) is 1.70. The van der Waals surface area contributed by atoms with Crippen LogP contribution in [0.25, 0.3) is 10.8 Å². The topological polar surface area (TPSA) is 67.9 Å². The Morgan fingerprint density at radius 1 is 0.906 bits per heavy atom. The highest BCUT2D eigenvalue weighted by molar-refractivity contribution is 6.08. The van der Waals surface area contributed by atoms with Crippen LogP contribution in [0.1, 0.15) is 28.8 Å². The van der Waals surface area contributed by atoms with E-state index in [1.54, 1.807) is 14.2 Å². The molecule has 1 N–H and O–H groups in total. The molecule has 0 atom stereocenters. The lowest BCUT2D eigenvalue weighted by Gasteiger charge is -2.31. The van der Waals surface area contributed by atoms with Gasteiger partial charge in [-0.05, 0) is 48.1 Å². The van der Waals surface area contributed by atoms with E-state index in [4.69, 9.17) is 9.47 Å². The van der Waals surface area contributed by atoms with Gasteiger partial charge < -0.3 is 19.7 Å². The highest BCUT2D eigenvalue weighted by Crippen LogP contribution is 2.30. The molecule has 0 radical (unpaired) electrons. The summed E-state index contributed by atoms with van der Waals surface area (Å²) < 4.78 is 10.6. The summed E-state index contributed by atoms with van der Waals surface area (Å²) in [6, 6.07) is 19.1. The second-order valence-corrected chi connectivity index (χ2v) is 7.99. The number of methoxy groups -OCH3 is 2. The first-order valence-corrected chi connectivity index (χ1v) is 10.9. The van der Waals surface area contributed by atoms with Gasteiger partial charge in [0.1, 0.15) is 11.5 Å². The molecule has 2 amide bonds. The molecule has 1 fully saturated rings. The number of amides is 2. The molecular formula is C26H28N2O4. The van der Waals surface area contributed by atoms with E-state index in [0.717, 1.165) is 27.8 Å². The third-order valence-electron chi connectivity index (χ3n) is 6.11. The molecule has 0 aliphatic carbocycles. The fourth-order valence-corrected chi connectivity index (χ4v) is 4.23. The summed E-state index contributed by atoms with van der Waals surface area (Å²) in [5.74, 6) is 1.51. The van der Waals surface area contributed by atoms with E-state index in [1.165, 1.54) is 0 Å². The van der Waals surface area contributed by atoms with Gasteiger partial charge in [0.2, 0.25) is 5.91 Å². The van der Waals surface area contributed by atoms with Gasteiger partial charge in [0.25, 0.3) is 5.91 Å². The molecule has 0 unspecified atom stereocenters. The van der Waals surface area contributed by atoms with Crippen molar-refractivity contribution in [3.05, 3.63) is 71.8 Å². The van der Waals surface area contributed by atoms with Crippen molar-refractivity contribution < 1.29 is 19.1 Å². The zero-order valence-electron chi connectivity index (χ0n) is 18.5. The molecule has 0 aromatic heterocycles. The Balaban J connectivity index is 1.35. The van der Waals surface area contributed by atoms with E-state index in [0.29, 0.717) is 38.0 Å². The maximum absolute atomic E-state index is 13.2. The molecule has 0 spiro atoms. The van der Waals surface area contributed by atoms with Crippen LogP contribution in [0.4, 0.5) is 0 Å². The van der Waals surface area contributed by atoms with Crippen LogP contribution in [0.15, 0.2) is 60.7 Å². The smallest absolute Gasteiger partial charge is 0.254 e. The summed E-state index contributed by atoms with van der Waals surface area (Å²) in [6.45, 7) is 1.62. The number of fused-ring (bicyclic) bond motifs is 1. The van der Waals surface area contributed by atoms with Crippen molar-refractivity contribution in [2.75, 3.05) is 27.3 Å². The van der Waals surface area contributed by atoms with Crippen molar-refractivity contribution in [1.29, 1.82) is 0 Å². The summed E-state index contributed by atoms with van der Waals surface area (Å²) in [5, 5.41) is 4.83. The number of likely N-dealkylation sites (tertiary alicyclic amines) is 1. The van der Waals surface area contributed by atoms with Crippen LogP contribution in [0, 0.1) is 5.92 Å². The third kappa shape index (κ3) is 4.54. The monoisotopic (exact) mass is 432 g/mol. The fourth-order valence-electron chi connectivity index (χ4n) is 4.23. The minimum atomic E-state index is -0.0788. The number of hydrogen-bond acceptors (Lipinski definition) is 4. The molecule has 6 nitrogen and oxygen atoms in total. The Hall–Kier alpha value is -3.54. The van der Waals surface area contributed by atoms with Gasteiger partial charge >= 0.3 is 0 Å². The van der Waals surface area contributed by atoms with Crippen molar-refractivity contribution in [2.24, 2.45) is 5.92 Å². The van der Waals surface area contributed by atoms with Crippen LogP contribution < -0.4 is 14.8 Å². The van der Waals surface area contributed by atoms with Crippen LogP contribution in [0.3, 0.4) is 0 Å². The van der Waals surface area contributed by atoms with Gasteiger partial charge in [0.05, 0.1) is 14.2 Å². The first-order valence-electron chi connectivity index (χ1n) is 10.9. The summed E-state index contributed by atoms with van der Waals surface area (Å²) in [6.07, 6.45) is 1.32. The lowest BCUT2D eigenvalue weighted by molar-refractivity contribution is -0.126. The maximum Gasteiger partial charge on any atom is 0.254 e. The Kier molecular flexibility index (Phi) is 6.59. The van der Waals surface area contributed by atoms with Crippen molar-refractivity contribution >= 4 is 22.6 Å². The molecule has 4 rings (SSSR count). The summed E-state index contributed by atoms with van der Waals surface area (Å²) in [4.78, 5) is 27.7. The van der Waals surface area contributed by atoms with Gasteiger partial charge in [-0.25, -0.2) is 0 Å². The molecule has 3 aromatic carbocycles. The average Bonchev–Trinajstić information content (AvgIpc) is 2.86. The Morgan fingerprint density at radius 2 is 1.59 bits per heavy atom. The Morgan fingerprint density at radius 3 is 2.25 bits per heavy atom. The van der Waals surface area contributed by atoms with E-state index in [9.17, 15) is 9.59 Å². The van der Waals surface area contributed by atoms with E-state index in [2.05, 4.69) is 5.32 Å². The lowest BCUT2D eigenvalue weighted by atomic mass is 9.94. The Bertz CT molecular complexity index is 1100. The Labute approximate surface area is 188 Å². The number of piperidine rings is 1. The van der Waals surface area contributed by atoms with Crippen LogP contribution in [0.5, 0.6) is 11.5 Å². The van der Waals surface area contributed by atoms with Gasteiger partial charge in [0, 0.05) is 36.5 Å². The number of carbonyl (C=O) groups excluding carboxylic acids is 2. The van der Waals surface area contributed by atoms with Gasteiger partial charge in [-0.3, -0.25) is 9.59 Å². The second kappa shape index (κ2) is 9.73. The molecule has 0 saturated carbocycles. The number of ether oxygens (including phenoxy) is 2. The average molecular weight is 433 g/mol.